The molecule has 2 aromatic carbocycles. The van der Waals surface area contributed by atoms with Crippen LogP contribution >= 0.6 is 0 Å². The topological polar surface area (TPSA) is 132 Å². The van der Waals surface area contributed by atoms with Crippen LogP contribution in [0, 0.1) is 0 Å². The maximum absolute atomic E-state index is 12.6. The number of amides is 1. The lowest BCUT2D eigenvalue weighted by Crippen LogP contribution is -2.40. The van der Waals surface area contributed by atoms with Crippen LogP contribution in [0.2, 0.25) is 0 Å². The molecule has 0 fully saturated rings. The fraction of sp³-hybridized carbons (Fsp3) is 0.381. The van der Waals surface area contributed by atoms with Crippen molar-refractivity contribution in [1.29, 1.82) is 0 Å². The SMILES string of the molecule is COc1ccc(CNC(=O)CN(c2ccc(S(=O)(=O)N(C)C)cc2)S(C)(=O)=O)c(OC)c1OC. The molecule has 0 bridgehead atoms. The Morgan fingerprint density at radius 2 is 1.47 bits per heavy atom. The molecule has 11 nitrogen and oxygen atoms in total. The Morgan fingerprint density at radius 3 is 1.94 bits per heavy atom. The smallest absolute Gasteiger partial charge is 0.242 e. The molecule has 2 aromatic rings. The molecule has 34 heavy (non-hydrogen) atoms. The van der Waals surface area contributed by atoms with Crippen LogP contribution in [-0.2, 0) is 31.4 Å². The van der Waals surface area contributed by atoms with Gasteiger partial charge >= 0.3 is 0 Å². The number of ether oxygens (including phenoxy) is 3. The largest absolute Gasteiger partial charge is 0.493 e. The van der Waals surface area contributed by atoms with Crippen molar-refractivity contribution in [3.8, 4) is 17.2 Å². The number of anilines is 1. The van der Waals surface area contributed by atoms with E-state index in [1.807, 2.05) is 0 Å². The molecule has 13 heteroatoms. The molecule has 0 saturated carbocycles. The fourth-order valence-electron chi connectivity index (χ4n) is 3.08. The fourth-order valence-corrected chi connectivity index (χ4v) is 4.84. The van der Waals surface area contributed by atoms with E-state index < -0.39 is 32.5 Å². The number of methoxy groups -OCH3 is 3. The van der Waals surface area contributed by atoms with Crippen molar-refractivity contribution < 1.29 is 35.8 Å². The minimum Gasteiger partial charge on any atom is -0.493 e. The zero-order valence-electron chi connectivity index (χ0n) is 19.9. The summed E-state index contributed by atoms with van der Waals surface area (Å²) in [5.74, 6) is 0.617. The number of nitrogens with zero attached hydrogens (tertiary/aromatic N) is 2. The summed E-state index contributed by atoms with van der Waals surface area (Å²) in [6, 6.07) is 8.60. The number of rotatable bonds is 11. The summed E-state index contributed by atoms with van der Waals surface area (Å²) < 4.78 is 67.1. The number of benzene rings is 2. The lowest BCUT2D eigenvalue weighted by molar-refractivity contribution is -0.119. The van der Waals surface area contributed by atoms with Crippen LogP contribution in [0.15, 0.2) is 41.3 Å². The Labute approximate surface area is 200 Å². The van der Waals surface area contributed by atoms with Crippen molar-refractivity contribution in [2.75, 3.05) is 52.5 Å². The predicted molar refractivity (Wildman–Crippen MR) is 127 cm³/mol. The third-order valence-electron chi connectivity index (χ3n) is 4.85. The summed E-state index contributed by atoms with van der Waals surface area (Å²) in [4.78, 5) is 12.6. The van der Waals surface area contributed by atoms with E-state index in [1.165, 1.54) is 59.7 Å². The van der Waals surface area contributed by atoms with Gasteiger partial charge in [-0.25, -0.2) is 21.1 Å². The van der Waals surface area contributed by atoms with Crippen molar-refractivity contribution in [2.24, 2.45) is 0 Å². The van der Waals surface area contributed by atoms with Crippen LogP contribution in [-0.4, -0.2) is 75.3 Å². The molecular formula is C21H29N3O8S2. The maximum Gasteiger partial charge on any atom is 0.242 e. The van der Waals surface area contributed by atoms with Crippen molar-refractivity contribution >= 4 is 31.6 Å². The third kappa shape index (κ3) is 6.10. The van der Waals surface area contributed by atoms with Crippen molar-refractivity contribution in [1.82, 2.24) is 9.62 Å². The second-order valence-electron chi connectivity index (χ2n) is 7.32. The Balaban J connectivity index is 2.22. The quantitative estimate of drug-likeness (QED) is 0.470. The molecular weight excluding hydrogens is 486 g/mol. The molecule has 0 saturated heterocycles. The predicted octanol–water partition coefficient (Wildman–Crippen LogP) is 1.05. The summed E-state index contributed by atoms with van der Waals surface area (Å²) >= 11 is 0. The number of carbonyl (C=O) groups excluding carboxylic acids is 1. The molecule has 2 rings (SSSR count). The summed E-state index contributed by atoms with van der Waals surface area (Å²) in [6.07, 6.45) is 0.960. The van der Waals surface area contributed by atoms with Gasteiger partial charge in [-0.1, -0.05) is 0 Å². The highest BCUT2D eigenvalue weighted by atomic mass is 32.2. The van der Waals surface area contributed by atoms with E-state index in [-0.39, 0.29) is 17.1 Å². The molecule has 1 N–H and O–H groups in total. The van der Waals surface area contributed by atoms with E-state index in [0.29, 0.717) is 22.8 Å². The van der Waals surface area contributed by atoms with Gasteiger partial charge in [0.05, 0.1) is 38.2 Å². The van der Waals surface area contributed by atoms with E-state index >= 15 is 0 Å². The highest BCUT2D eigenvalue weighted by Gasteiger charge is 2.23. The Kier molecular flexibility index (Phi) is 8.75. The molecule has 0 spiro atoms. The molecule has 188 valence electrons. The summed E-state index contributed by atoms with van der Waals surface area (Å²) in [6.45, 7) is -0.464. The molecule has 0 aromatic heterocycles. The number of hydrogen-bond donors (Lipinski definition) is 1. The van der Waals surface area contributed by atoms with E-state index in [1.54, 1.807) is 12.1 Å². The third-order valence-corrected chi connectivity index (χ3v) is 7.82. The number of nitrogens with one attached hydrogen (secondary N) is 1. The van der Waals surface area contributed by atoms with Gasteiger partial charge in [-0.15, -0.1) is 0 Å². The maximum atomic E-state index is 12.6. The first kappa shape index (κ1) is 27.2. The van der Waals surface area contributed by atoms with E-state index in [0.717, 1.165) is 14.9 Å². The normalized spacial score (nSPS) is 11.7. The van der Waals surface area contributed by atoms with Gasteiger partial charge in [0.15, 0.2) is 11.5 Å². The van der Waals surface area contributed by atoms with Crippen LogP contribution in [0.25, 0.3) is 0 Å². The number of carbonyl (C=O) groups is 1. The second kappa shape index (κ2) is 10.9. The van der Waals surface area contributed by atoms with Crippen LogP contribution in [0.4, 0.5) is 5.69 Å². The van der Waals surface area contributed by atoms with Crippen molar-refractivity contribution in [3.05, 3.63) is 42.0 Å². The van der Waals surface area contributed by atoms with Gasteiger partial charge in [0, 0.05) is 26.2 Å². The Bertz CT molecular complexity index is 1230. The number of sulfonamides is 2. The van der Waals surface area contributed by atoms with Crippen LogP contribution < -0.4 is 23.8 Å². The molecule has 0 unspecified atom stereocenters. The minimum atomic E-state index is -3.84. The summed E-state index contributed by atoms with van der Waals surface area (Å²) in [5, 5.41) is 2.66. The highest BCUT2D eigenvalue weighted by Crippen LogP contribution is 2.39. The monoisotopic (exact) mass is 515 g/mol. The van der Waals surface area contributed by atoms with Gasteiger partial charge in [-0.2, -0.15) is 0 Å². The zero-order valence-corrected chi connectivity index (χ0v) is 21.5. The van der Waals surface area contributed by atoms with Crippen molar-refractivity contribution in [3.63, 3.8) is 0 Å². The molecule has 0 aliphatic rings. The average Bonchev–Trinajstić information content (AvgIpc) is 2.79. The first-order valence-corrected chi connectivity index (χ1v) is 13.2. The lowest BCUT2D eigenvalue weighted by Gasteiger charge is -2.22. The van der Waals surface area contributed by atoms with Gasteiger partial charge in [-0.05, 0) is 36.4 Å². The zero-order chi connectivity index (χ0) is 25.7. The van der Waals surface area contributed by atoms with Crippen LogP contribution in [0.5, 0.6) is 17.2 Å². The van der Waals surface area contributed by atoms with Gasteiger partial charge in [0.25, 0.3) is 0 Å². The molecule has 0 aliphatic heterocycles. The number of hydrogen-bond acceptors (Lipinski definition) is 8. The summed E-state index contributed by atoms with van der Waals surface area (Å²) in [5.41, 5.74) is 0.747. The van der Waals surface area contributed by atoms with Gasteiger partial charge < -0.3 is 19.5 Å². The van der Waals surface area contributed by atoms with Crippen LogP contribution in [0.1, 0.15) is 5.56 Å². The van der Waals surface area contributed by atoms with Gasteiger partial charge in [0.1, 0.15) is 6.54 Å². The molecule has 0 heterocycles. The first-order valence-electron chi connectivity index (χ1n) is 9.91. The first-order chi connectivity index (χ1) is 15.9. The minimum absolute atomic E-state index is 0.000277. The average molecular weight is 516 g/mol. The molecule has 0 aliphatic carbocycles. The Morgan fingerprint density at radius 1 is 0.882 bits per heavy atom. The van der Waals surface area contributed by atoms with Gasteiger partial charge in [0.2, 0.25) is 31.7 Å². The molecule has 0 atom stereocenters. The molecule has 0 radical (unpaired) electrons. The lowest BCUT2D eigenvalue weighted by atomic mass is 10.1. The standard InChI is InChI=1S/C21H29N3O8S2/c1-23(2)34(28,29)17-10-8-16(9-11-17)24(33(6,26)27)14-19(25)22-13-15-7-12-18(30-3)21(32-5)20(15)31-4/h7-12H,13-14H2,1-6H3,(H,22,25). The van der Waals surface area contributed by atoms with E-state index in [2.05, 4.69) is 5.32 Å². The van der Waals surface area contributed by atoms with Crippen molar-refractivity contribution in [2.45, 2.75) is 11.4 Å². The van der Waals surface area contributed by atoms with E-state index in [4.69, 9.17) is 14.2 Å². The Hall–Kier alpha value is -3.03. The second-order valence-corrected chi connectivity index (χ2v) is 11.4. The highest BCUT2D eigenvalue weighted by molar-refractivity contribution is 7.92. The van der Waals surface area contributed by atoms with Gasteiger partial charge in [-0.3, -0.25) is 9.10 Å². The van der Waals surface area contributed by atoms with E-state index in [9.17, 15) is 21.6 Å². The molecule has 1 amide bonds. The summed E-state index contributed by atoms with van der Waals surface area (Å²) in [7, 11) is -0.336. The van der Waals surface area contributed by atoms with Crippen LogP contribution in [0.3, 0.4) is 0 Å².